The van der Waals surface area contributed by atoms with Crippen molar-refractivity contribution in [1.82, 2.24) is 4.90 Å². The van der Waals surface area contributed by atoms with Crippen LogP contribution in [0.3, 0.4) is 0 Å². The molecule has 0 aromatic rings. The smallest absolute Gasteiger partial charge is 0.0541 e. The quantitative estimate of drug-likeness (QED) is 0.566. The van der Waals surface area contributed by atoms with Gasteiger partial charge in [0, 0.05) is 5.88 Å². The summed E-state index contributed by atoms with van der Waals surface area (Å²) in [5, 5.41) is 9.44. The van der Waals surface area contributed by atoms with Gasteiger partial charge < -0.3 is 10.0 Å². The van der Waals surface area contributed by atoms with Gasteiger partial charge in [0.25, 0.3) is 0 Å². The highest BCUT2D eigenvalue weighted by atomic mass is 35.5. The number of alkyl halides is 1. The second-order valence-electron chi connectivity index (χ2n) is 4.32. The van der Waals surface area contributed by atoms with Gasteiger partial charge in [0.15, 0.2) is 0 Å². The number of likely N-dealkylation sites (tertiary alicyclic amines) is 1. The van der Waals surface area contributed by atoms with Gasteiger partial charge in [0.2, 0.25) is 0 Å². The van der Waals surface area contributed by atoms with Crippen LogP contribution in [0.4, 0.5) is 0 Å². The number of halogens is 1. The van der Waals surface area contributed by atoms with Gasteiger partial charge in [-0.1, -0.05) is 0 Å². The summed E-state index contributed by atoms with van der Waals surface area (Å²) in [7, 11) is 0. The van der Waals surface area contributed by atoms with E-state index >= 15 is 0 Å². The number of aliphatic hydroxyl groups excluding tert-OH is 1. The van der Waals surface area contributed by atoms with Gasteiger partial charge in [-0.25, -0.2) is 0 Å². The molecule has 0 bridgehead atoms. The molecule has 0 radical (unpaired) electrons. The van der Waals surface area contributed by atoms with Crippen LogP contribution in [0.2, 0.25) is 0 Å². The molecule has 1 fully saturated rings. The Labute approximate surface area is 92.2 Å². The second kappa shape index (κ2) is 6.65. The van der Waals surface area contributed by atoms with Crippen LogP contribution in [0.1, 0.15) is 32.6 Å². The topological polar surface area (TPSA) is 23.5 Å². The van der Waals surface area contributed by atoms with E-state index in [1.54, 1.807) is 0 Å². The van der Waals surface area contributed by atoms with Gasteiger partial charge in [0.1, 0.15) is 0 Å². The molecule has 0 saturated carbocycles. The monoisotopic (exact) mass is 219 g/mol. The Balaban J connectivity index is 2.09. The van der Waals surface area contributed by atoms with E-state index in [9.17, 15) is 5.11 Å². The first-order chi connectivity index (χ1) is 6.74. The Bertz CT molecular complexity index is 144. The Morgan fingerprint density at radius 1 is 1.36 bits per heavy atom. The van der Waals surface area contributed by atoms with Gasteiger partial charge in [-0.2, -0.15) is 0 Å². The zero-order valence-corrected chi connectivity index (χ0v) is 9.84. The summed E-state index contributed by atoms with van der Waals surface area (Å²) in [6.07, 6.45) is 4.51. The molecule has 0 spiro atoms. The minimum Gasteiger partial charge on any atom is -0.393 e. The average molecular weight is 220 g/mol. The average Bonchev–Trinajstić information content (AvgIpc) is 2.19. The van der Waals surface area contributed by atoms with Gasteiger partial charge in [-0.05, 0) is 58.2 Å². The number of piperidine rings is 1. The van der Waals surface area contributed by atoms with Gasteiger partial charge in [0.05, 0.1) is 6.10 Å². The maximum Gasteiger partial charge on any atom is 0.0541 e. The molecule has 14 heavy (non-hydrogen) atoms. The predicted octanol–water partition coefficient (Wildman–Crippen LogP) is 2.10. The lowest BCUT2D eigenvalue weighted by atomic mass is 9.92. The second-order valence-corrected chi connectivity index (χ2v) is 4.69. The van der Waals surface area contributed by atoms with E-state index in [1.165, 1.54) is 13.0 Å². The Kier molecular flexibility index (Phi) is 5.83. The van der Waals surface area contributed by atoms with Crippen LogP contribution in [0.5, 0.6) is 0 Å². The standard InChI is InChI=1S/C11H22ClNO/c1-10(14)11-4-8-13(9-5-11)7-3-2-6-12/h10-11,14H,2-9H2,1H3. The molecule has 1 heterocycles. The van der Waals surface area contributed by atoms with Crippen LogP contribution in [0, 0.1) is 5.92 Å². The molecule has 84 valence electrons. The first-order valence-electron chi connectivity index (χ1n) is 5.70. The summed E-state index contributed by atoms with van der Waals surface area (Å²) in [6.45, 7) is 5.39. The van der Waals surface area contributed by atoms with Gasteiger partial charge >= 0.3 is 0 Å². The number of hydrogen-bond acceptors (Lipinski definition) is 2. The van der Waals surface area contributed by atoms with Crippen LogP contribution in [-0.4, -0.2) is 41.6 Å². The molecule has 1 unspecified atom stereocenters. The van der Waals surface area contributed by atoms with Crippen molar-refractivity contribution in [1.29, 1.82) is 0 Å². The van der Waals surface area contributed by atoms with E-state index in [1.807, 2.05) is 6.92 Å². The number of unbranched alkanes of at least 4 members (excludes halogenated alkanes) is 1. The fourth-order valence-corrected chi connectivity index (χ4v) is 2.28. The van der Waals surface area contributed by atoms with Crippen molar-refractivity contribution in [2.45, 2.75) is 38.7 Å². The Hall–Kier alpha value is 0.210. The van der Waals surface area contributed by atoms with Crippen LogP contribution in [-0.2, 0) is 0 Å². The third-order valence-corrected chi connectivity index (χ3v) is 3.44. The number of nitrogens with zero attached hydrogens (tertiary/aromatic N) is 1. The van der Waals surface area contributed by atoms with Crippen LogP contribution < -0.4 is 0 Å². The first kappa shape index (κ1) is 12.3. The van der Waals surface area contributed by atoms with E-state index in [0.717, 1.165) is 38.2 Å². The van der Waals surface area contributed by atoms with Crippen molar-refractivity contribution in [2.75, 3.05) is 25.5 Å². The maximum atomic E-state index is 9.44. The fraction of sp³-hybridized carbons (Fsp3) is 1.00. The number of aliphatic hydroxyl groups is 1. The molecule has 3 heteroatoms. The summed E-state index contributed by atoms with van der Waals surface area (Å²) in [6, 6.07) is 0. The lowest BCUT2D eigenvalue weighted by Gasteiger charge is -2.33. The first-order valence-corrected chi connectivity index (χ1v) is 6.24. The Morgan fingerprint density at radius 2 is 2.00 bits per heavy atom. The van der Waals surface area contributed by atoms with Crippen LogP contribution in [0.25, 0.3) is 0 Å². The van der Waals surface area contributed by atoms with E-state index in [4.69, 9.17) is 11.6 Å². The molecule has 1 N–H and O–H groups in total. The van der Waals surface area contributed by atoms with Gasteiger partial charge in [-0.3, -0.25) is 0 Å². The molecule has 1 saturated heterocycles. The van der Waals surface area contributed by atoms with Crippen molar-refractivity contribution in [2.24, 2.45) is 5.92 Å². The highest BCUT2D eigenvalue weighted by molar-refractivity contribution is 6.17. The number of rotatable bonds is 5. The molecular weight excluding hydrogens is 198 g/mol. The summed E-state index contributed by atoms with van der Waals surface area (Å²) in [5.74, 6) is 1.31. The lowest BCUT2D eigenvalue weighted by Crippen LogP contribution is -2.37. The minimum absolute atomic E-state index is 0.125. The predicted molar refractivity (Wildman–Crippen MR) is 60.8 cm³/mol. The Morgan fingerprint density at radius 3 is 2.50 bits per heavy atom. The maximum absolute atomic E-state index is 9.44. The van der Waals surface area contributed by atoms with Gasteiger partial charge in [-0.15, -0.1) is 11.6 Å². The summed E-state index contributed by atoms with van der Waals surface area (Å²) in [5.41, 5.74) is 0. The SMILES string of the molecule is CC(O)C1CCN(CCCCCl)CC1. The van der Waals surface area contributed by atoms with E-state index in [0.29, 0.717) is 5.92 Å². The molecule has 0 aromatic carbocycles. The van der Waals surface area contributed by atoms with Crippen molar-refractivity contribution >= 4 is 11.6 Å². The van der Waals surface area contributed by atoms with Crippen LogP contribution >= 0.6 is 11.6 Å². The zero-order chi connectivity index (χ0) is 10.4. The molecule has 1 aliphatic heterocycles. The van der Waals surface area contributed by atoms with Crippen LogP contribution in [0.15, 0.2) is 0 Å². The van der Waals surface area contributed by atoms with Crippen molar-refractivity contribution < 1.29 is 5.11 Å². The lowest BCUT2D eigenvalue weighted by molar-refractivity contribution is 0.0715. The number of hydrogen-bond donors (Lipinski definition) is 1. The highest BCUT2D eigenvalue weighted by Crippen LogP contribution is 2.20. The molecule has 1 aliphatic rings. The zero-order valence-electron chi connectivity index (χ0n) is 9.08. The minimum atomic E-state index is -0.125. The summed E-state index contributed by atoms with van der Waals surface area (Å²) in [4.78, 5) is 2.49. The third kappa shape index (κ3) is 4.16. The van der Waals surface area contributed by atoms with Crippen molar-refractivity contribution in [3.63, 3.8) is 0 Å². The molecule has 1 rings (SSSR count). The summed E-state index contributed by atoms with van der Waals surface area (Å²) < 4.78 is 0. The van der Waals surface area contributed by atoms with E-state index in [-0.39, 0.29) is 6.10 Å². The molecule has 1 atom stereocenters. The fourth-order valence-electron chi connectivity index (χ4n) is 2.09. The molecule has 0 aromatic heterocycles. The van der Waals surface area contributed by atoms with E-state index in [2.05, 4.69) is 4.90 Å². The molecular formula is C11H22ClNO. The largest absolute Gasteiger partial charge is 0.393 e. The normalized spacial score (nSPS) is 22.5. The third-order valence-electron chi connectivity index (χ3n) is 3.17. The molecule has 0 aliphatic carbocycles. The van der Waals surface area contributed by atoms with E-state index < -0.39 is 0 Å². The van der Waals surface area contributed by atoms with Crippen molar-refractivity contribution in [3.05, 3.63) is 0 Å². The molecule has 2 nitrogen and oxygen atoms in total. The highest BCUT2D eigenvalue weighted by Gasteiger charge is 2.21. The molecule has 0 amide bonds. The van der Waals surface area contributed by atoms with Crippen molar-refractivity contribution in [3.8, 4) is 0 Å². The summed E-state index contributed by atoms with van der Waals surface area (Å²) >= 11 is 5.63.